The van der Waals surface area contributed by atoms with Crippen molar-refractivity contribution in [2.75, 3.05) is 19.6 Å². The Kier molecular flexibility index (Phi) is 5.79. The van der Waals surface area contributed by atoms with Crippen molar-refractivity contribution in [2.24, 2.45) is 0 Å². The molecule has 0 spiro atoms. The standard InChI is InChI=1S/C16H26N2O3/c1-2-18(13-7-3-4-8-13)15(19)12-17-10-6-5-9-14(17)11-16(20)21/h7,14H,2-6,8-12H2,1H3,(H,20,21). The van der Waals surface area contributed by atoms with Gasteiger partial charge in [0.05, 0.1) is 13.0 Å². The lowest BCUT2D eigenvalue weighted by atomic mass is 9.99. The minimum Gasteiger partial charge on any atom is -0.481 e. The van der Waals surface area contributed by atoms with E-state index in [1.807, 2.05) is 11.8 Å². The minimum atomic E-state index is -0.773. The van der Waals surface area contributed by atoms with Crippen LogP contribution in [0, 0.1) is 0 Å². The van der Waals surface area contributed by atoms with Gasteiger partial charge in [0.25, 0.3) is 0 Å². The summed E-state index contributed by atoms with van der Waals surface area (Å²) in [5.74, 6) is -0.659. The smallest absolute Gasteiger partial charge is 0.304 e. The average molecular weight is 294 g/mol. The first-order valence-corrected chi connectivity index (χ1v) is 8.07. The summed E-state index contributed by atoms with van der Waals surface area (Å²) in [6.07, 6.45) is 8.47. The van der Waals surface area contributed by atoms with E-state index in [4.69, 9.17) is 5.11 Å². The van der Waals surface area contributed by atoms with Crippen LogP contribution in [0.5, 0.6) is 0 Å². The van der Waals surface area contributed by atoms with E-state index in [1.54, 1.807) is 0 Å². The molecule has 0 saturated carbocycles. The highest BCUT2D eigenvalue weighted by molar-refractivity contribution is 5.80. The number of carbonyl (C=O) groups excluding carboxylic acids is 1. The molecule has 21 heavy (non-hydrogen) atoms. The van der Waals surface area contributed by atoms with Crippen LogP contribution in [0.1, 0.15) is 51.9 Å². The predicted octanol–water partition coefficient (Wildman–Crippen LogP) is 2.23. The highest BCUT2D eigenvalue weighted by Crippen LogP contribution is 2.23. The Morgan fingerprint density at radius 2 is 2.19 bits per heavy atom. The Hall–Kier alpha value is -1.36. The summed E-state index contributed by atoms with van der Waals surface area (Å²) in [6, 6.07) is 0.0106. The number of carboxylic acids is 1. The molecule has 1 aliphatic heterocycles. The molecule has 0 aromatic heterocycles. The van der Waals surface area contributed by atoms with Gasteiger partial charge in [-0.2, -0.15) is 0 Å². The van der Waals surface area contributed by atoms with Crippen LogP contribution in [-0.2, 0) is 9.59 Å². The first-order valence-electron chi connectivity index (χ1n) is 8.07. The zero-order valence-electron chi connectivity index (χ0n) is 12.9. The van der Waals surface area contributed by atoms with Gasteiger partial charge in [0.15, 0.2) is 0 Å². The average Bonchev–Trinajstić information content (AvgIpc) is 2.95. The van der Waals surface area contributed by atoms with Gasteiger partial charge in [0.2, 0.25) is 5.91 Å². The summed E-state index contributed by atoms with van der Waals surface area (Å²) in [6.45, 7) is 3.88. The van der Waals surface area contributed by atoms with Crippen LogP contribution in [0.4, 0.5) is 0 Å². The van der Waals surface area contributed by atoms with Gasteiger partial charge in [-0.3, -0.25) is 14.5 Å². The van der Waals surface area contributed by atoms with Crippen molar-refractivity contribution < 1.29 is 14.7 Å². The molecule has 0 aromatic rings. The van der Waals surface area contributed by atoms with E-state index in [1.165, 1.54) is 0 Å². The number of hydrogen-bond acceptors (Lipinski definition) is 3. The molecular weight excluding hydrogens is 268 g/mol. The lowest BCUT2D eigenvalue weighted by Crippen LogP contribution is -2.47. The largest absolute Gasteiger partial charge is 0.481 e. The SMILES string of the molecule is CCN(C(=O)CN1CCCCC1CC(=O)O)C1=CCCC1. The number of aliphatic carboxylic acids is 1. The molecule has 1 unspecified atom stereocenters. The number of carbonyl (C=O) groups is 2. The molecule has 118 valence electrons. The van der Waals surface area contributed by atoms with Crippen molar-refractivity contribution in [3.8, 4) is 0 Å². The topological polar surface area (TPSA) is 60.9 Å². The summed E-state index contributed by atoms with van der Waals surface area (Å²) >= 11 is 0. The molecule has 0 aromatic carbocycles. The summed E-state index contributed by atoms with van der Waals surface area (Å²) in [5.41, 5.74) is 1.15. The molecule has 1 fully saturated rings. The third-order valence-corrected chi connectivity index (χ3v) is 4.48. The Morgan fingerprint density at radius 3 is 2.81 bits per heavy atom. The number of likely N-dealkylation sites (N-methyl/N-ethyl adjacent to an activating group) is 1. The second-order valence-electron chi connectivity index (χ2n) is 5.94. The summed E-state index contributed by atoms with van der Waals surface area (Å²) < 4.78 is 0. The van der Waals surface area contributed by atoms with Crippen molar-refractivity contribution in [1.29, 1.82) is 0 Å². The van der Waals surface area contributed by atoms with Crippen LogP contribution in [0.2, 0.25) is 0 Å². The molecule has 5 nitrogen and oxygen atoms in total. The van der Waals surface area contributed by atoms with Crippen LogP contribution in [0.25, 0.3) is 0 Å². The molecule has 0 bridgehead atoms. The molecule has 1 amide bonds. The summed E-state index contributed by atoms with van der Waals surface area (Å²) in [7, 11) is 0. The maximum atomic E-state index is 12.6. The third kappa shape index (κ3) is 4.30. The van der Waals surface area contributed by atoms with Gasteiger partial charge in [-0.05, 0) is 45.6 Å². The molecule has 1 N–H and O–H groups in total. The van der Waals surface area contributed by atoms with E-state index in [0.29, 0.717) is 13.1 Å². The van der Waals surface area contributed by atoms with Gasteiger partial charge >= 0.3 is 5.97 Å². The second-order valence-corrected chi connectivity index (χ2v) is 5.94. The number of nitrogens with zero attached hydrogens (tertiary/aromatic N) is 2. The Labute approximate surface area is 126 Å². The van der Waals surface area contributed by atoms with Gasteiger partial charge in [0, 0.05) is 18.3 Å². The number of rotatable bonds is 6. The molecular formula is C16H26N2O3. The number of allylic oxidation sites excluding steroid dienone is 2. The van der Waals surface area contributed by atoms with E-state index in [-0.39, 0.29) is 18.4 Å². The van der Waals surface area contributed by atoms with Crippen LogP contribution < -0.4 is 0 Å². The van der Waals surface area contributed by atoms with Gasteiger partial charge in [-0.25, -0.2) is 0 Å². The first-order chi connectivity index (χ1) is 10.1. The quantitative estimate of drug-likeness (QED) is 0.816. The highest BCUT2D eigenvalue weighted by Gasteiger charge is 2.28. The molecule has 1 atom stereocenters. The normalized spacial score (nSPS) is 22.9. The fourth-order valence-electron chi connectivity index (χ4n) is 3.40. The van der Waals surface area contributed by atoms with Crippen molar-refractivity contribution in [1.82, 2.24) is 9.80 Å². The van der Waals surface area contributed by atoms with E-state index >= 15 is 0 Å². The predicted molar refractivity (Wildman–Crippen MR) is 80.8 cm³/mol. The van der Waals surface area contributed by atoms with Crippen molar-refractivity contribution >= 4 is 11.9 Å². The van der Waals surface area contributed by atoms with Crippen molar-refractivity contribution in [3.63, 3.8) is 0 Å². The maximum absolute atomic E-state index is 12.6. The first kappa shape index (κ1) is 16.0. The number of piperidine rings is 1. The number of amides is 1. The van der Waals surface area contributed by atoms with E-state index < -0.39 is 5.97 Å². The Bertz CT molecular complexity index is 420. The van der Waals surface area contributed by atoms with E-state index in [9.17, 15) is 9.59 Å². The van der Waals surface area contributed by atoms with Crippen LogP contribution >= 0.6 is 0 Å². The summed E-state index contributed by atoms with van der Waals surface area (Å²) in [4.78, 5) is 27.5. The zero-order valence-corrected chi connectivity index (χ0v) is 12.9. The maximum Gasteiger partial charge on any atom is 0.304 e. The van der Waals surface area contributed by atoms with Gasteiger partial charge in [-0.15, -0.1) is 0 Å². The Morgan fingerprint density at radius 1 is 1.38 bits per heavy atom. The van der Waals surface area contributed by atoms with Crippen LogP contribution in [-0.4, -0.2) is 52.5 Å². The highest BCUT2D eigenvalue weighted by atomic mass is 16.4. The number of likely N-dealkylation sites (tertiary alicyclic amines) is 1. The molecule has 2 rings (SSSR count). The molecule has 5 heteroatoms. The number of carboxylic acid groups (broad SMARTS) is 1. The molecule has 1 heterocycles. The minimum absolute atomic E-state index is 0.0106. The lowest BCUT2D eigenvalue weighted by Gasteiger charge is -2.36. The van der Waals surface area contributed by atoms with E-state index in [2.05, 4.69) is 11.0 Å². The van der Waals surface area contributed by atoms with Crippen LogP contribution in [0.3, 0.4) is 0 Å². The van der Waals surface area contributed by atoms with Crippen LogP contribution in [0.15, 0.2) is 11.8 Å². The molecule has 2 aliphatic rings. The Balaban J connectivity index is 1.96. The molecule has 1 saturated heterocycles. The van der Waals surface area contributed by atoms with E-state index in [0.717, 1.165) is 50.8 Å². The monoisotopic (exact) mass is 294 g/mol. The zero-order chi connectivity index (χ0) is 15.2. The van der Waals surface area contributed by atoms with Crippen molar-refractivity contribution in [2.45, 2.75) is 57.9 Å². The fraction of sp³-hybridized carbons (Fsp3) is 0.750. The van der Waals surface area contributed by atoms with Crippen molar-refractivity contribution in [3.05, 3.63) is 11.8 Å². The fourth-order valence-corrected chi connectivity index (χ4v) is 3.40. The number of hydrogen-bond donors (Lipinski definition) is 1. The lowest BCUT2D eigenvalue weighted by molar-refractivity contribution is -0.140. The van der Waals surface area contributed by atoms with Gasteiger partial charge in [0.1, 0.15) is 0 Å². The summed E-state index contributed by atoms with van der Waals surface area (Å²) in [5, 5.41) is 9.01. The molecule has 0 radical (unpaired) electrons. The second kappa shape index (κ2) is 7.59. The van der Waals surface area contributed by atoms with Gasteiger partial charge < -0.3 is 10.0 Å². The molecule has 1 aliphatic carbocycles. The third-order valence-electron chi connectivity index (χ3n) is 4.48. The van der Waals surface area contributed by atoms with Gasteiger partial charge in [-0.1, -0.05) is 12.5 Å².